The Bertz CT molecular complexity index is 889. The van der Waals surface area contributed by atoms with E-state index in [2.05, 4.69) is 24.7 Å². The molecule has 8 nitrogen and oxygen atoms in total. The Morgan fingerprint density at radius 3 is 2.61 bits per heavy atom. The van der Waals surface area contributed by atoms with Crippen LogP contribution in [0.3, 0.4) is 0 Å². The molecule has 0 aromatic carbocycles. The van der Waals surface area contributed by atoms with Gasteiger partial charge in [-0.25, -0.2) is 9.78 Å². The Morgan fingerprint density at radius 2 is 1.96 bits per heavy atom. The summed E-state index contributed by atoms with van der Waals surface area (Å²) in [7, 11) is 2.61. The van der Waals surface area contributed by atoms with Crippen molar-refractivity contribution in [2.75, 3.05) is 14.2 Å². The van der Waals surface area contributed by atoms with Gasteiger partial charge in [0, 0.05) is 18.6 Å². The van der Waals surface area contributed by atoms with Crippen LogP contribution >= 0.6 is 0 Å². The van der Waals surface area contributed by atoms with E-state index in [-0.39, 0.29) is 5.56 Å². The van der Waals surface area contributed by atoms with Gasteiger partial charge in [0.2, 0.25) is 0 Å². The predicted molar refractivity (Wildman–Crippen MR) is 80.0 cm³/mol. The van der Waals surface area contributed by atoms with E-state index in [0.29, 0.717) is 28.0 Å². The van der Waals surface area contributed by atoms with Crippen LogP contribution in [0.5, 0.6) is 5.75 Å². The Balaban J connectivity index is 2.27. The maximum atomic E-state index is 12.2. The van der Waals surface area contributed by atoms with Gasteiger partial charge in [0.25, 0.3) is 5.78 Å². The van der Waals surface area contributed by atoms with Crippen LogP contribution in [0.15, 0.2) is 31.0 Å². The molecule has 3 aromatic rings. The Labute approximate surface area is 130 Å². The summed E-state index contributed by atoms with van der Waals surface area (Å²) >= 11 is 0. The molecular formula is C15H12N4O4. The fourth-order valence-corrected chi connectivity index (χ4v) is 2.27. The highest BCUT2D eigenvalue weighted by Crippen LogP contribution is 2.33. The van der Waals surface area contributed by atoms with Crippen molar-refractivity contribution in [1.29, 1.82) is 0 Å². The van der Waals surface area contributed by atoms with Gasteiger partial charge in [0.05, 0.1) is 43.1 Å². The number of nitrogens with one attached hydrogen (secondary N) is 1. The van der Waals surface area contributed by atoms with Gasteiger partial charge in [0.15, 0.2) is 0 Å². The molecular weight excluding hydrogens is 300 g/mol. The van der Waals surface area contributed by atoms with Gasteiger partial charge in [0.1, 0.15) is 17.1 Å². The lowest BCUT2D eigenvalue weighted by Crippen LogP contribution is -2.15. The number of ether oxygens (including phenoxy) is 2. The van der Waals surface area contributed by atoms with Crippen LogP contribution in [0.25, 0.3) is 22.3 Å². The minimum atomic E-state index is -0.953. The van der Waals surface area contributed by atoms with Crippen molar-refractivity contribution in [1.82, 2.24) is 19.9 Å². The molecule has 1 N–H and O–H groups in total. The number of H-pyrrole nitrogens is 1. The average Bonchev–Trinajstić information content (AvgIpc) is 3.05. The number of pyridine rings is 1. The molecule has 0 saturated heterocycles. The summed E-state index contributed by atoms with van der Waals surface area (Å²) in [5.41, 5.74) is 1.70. The van der Waals surface area contributed by atoms with E-state index in [1.54, 1.807) is 12.4 Å². The van der Waals surface area contributed by atoms with Crippen LogP contribution < -0.4 is 4.74 Å². The second kappa shape index (κ2) is 5.84. The molecule has 3 rings (SSSR count). The third-order valence-electron chi connectivity index (χ3n) is 3.32. The molecule has 0 spiro atoms. The number of carbonyl (C=O) groups is 2. The molecule has 0 fully saturated rings. The van der Waals surface area contributed by atoms with Crippen LogP contribution in [0.1, 0.15) is 10.4 Å². The molecule has 0 aliphatic rings. The summed E-state index contributed by atoms with van der Waals surface area (Å²) < 4.78 is 9.75. The second-order valence-electron chi connectivity index (χ2n) is 4.54. The lowest BCUT2D eigenvalue weighted by molar-refractivity contribution is -0.135. The van der Waals surface area contributed by atoms with Crippen LogP contribution in [0.4, 0.5) is 0 Å². The molecule has 0 amide bonds. The smallest absolute Gasteiger partial charge is 0.379 e. The summed E-state index contributed by atoms with van der Waals surface area (Å²) in [6.45, 7) is 0. The SMILES string of the molecule is COC(=O)C(=O)c1c[nH]c2c(-c3cnccn3)ncc(OC)c12. The van der Waals surface area contributed by atoms with Crippen molar-refractivity contribution >= 4 is 22.7 Å². The number of methoxy groups -OCH3 is 2. The molecule has 116 valence electrons. The zero-order valence-corrected chi connectivity index (χ0v) is 12.4. The molecule has 23 heavy (non-hydrogen) atoms. The molecule has 0 unspecified atom stereocenters. The van der Waals surface area contributed by atoms with Crippen LogP contribution in [0.2, 0.25) is 0 Å². The molecule has 0 radical (unpaired) electrons. The highest BCUT2D eigenvalue weighted by Gasteiger charge is 2.25. The van der Waals surface area contributed by atoms with Gasteiger partial charge in [-0.05, 0) is 0 Å². The molecule has 3 aromatic heterocycles. The highest BCUT2D eigenvalue weighted by atomic mass is 16.5. The van der Waals surface area contributed by atoms with Gasteiger partial charge in [-0.15, -0.1) is 0 Å². The van der Waals surface area contributed by atoms with E-state index in [1.165, 1.54) is 25.7 Å². The minimum absolute atomic E-state index is 0.149. The summed E-state index contributed by atoms with van der Waals surface area (Å²) in [6, 6.07) is 0. The van der Waals surface area contributed by atoms with Crippen LogP contribution in [-0.4, -0.2) is 45.9 Å². The largest absolute Gasteiger partial charge is 0.494 e. The lowest BCUT2D eigenvalue weighted by Gasteiger charge is -2.07. The van der Waals surface area contributed by atoms with Crippen LogP contribution in [0, 0.1) is 0 Å². The zero-order valence-electron chi connectivity index (χ0n) is 12.4. The van der Waals surface area contributed by atoms with Crippen molar-refractivity contribution in [3.63, 3.8) is 0 Å². The Kier molecular flexibility index (Phi) is 3.71. The number of rotatable bonds is 4. The normalized spacial score (nSPS) is 10.5. The maximum absolute atomic E-state index is 12.2. The van der Waals surface area contributed by atoms with E-state index < -0.39 is 11.8 Å². The van der Waals surface area contributed by atoms with E-state index in [4.69, 9.17) is 4.74 Å². The van der Waals surface area contributed by atoms with Gasteiger partial charge in [-0.2, -0.15) is 0 Å². The number of esters is 1. The number of hydrogen-bond donors (Lipinski definition) is 1. The number of carbonyl (C=O) groups excluding carboxylic acids is 2. The van der Waals surface area contributed by atoms with Crippen molar-refractivity contribution in [2.45, 2.75) is 0 Å². The third-order valence-corrected chi connectivity index (χ3v) is 3.32. The molecule has 3 heterocycles. The molecule has 0 atom stereocenters. The number of hydrogen-bond acceptors (Lipinski definition) is 7. The van der Waals surface area contributed by atoms with Crippen molar-refractivity contribution < 1.29 is 19.1 Å². The van der Waals surface area contributed by atoms with Crippen molar-refractivity contribution in [3.05, 3.63) is 36.5 Å². The van der Waals surface area contributed by atoms with Gasteiger partial charge < -0.3 is 14.5 Å². The lowest BCUT2D eigenvalue weighted by atomic mass is 10.1. The molecule has 8 heteroatoms. The number of fused-ring (bicyclic) bond motifs is 1. The fourth-order valence-electron chi connectivity index (χ4n) is 2.27. The molecule has 0 bridgehead atoms. The number of aromatic amines is 1. The first-order chi connectivity index (χ1) is 11.2. The fraction of sp³-hybridized carbons (Fsp3) is 0.133. The Hall–Kier alpha value is -3.29. The van der Waals surface area contributed by atoms with Crippen molar-refractivity contribution in [2.24, 2.45) is 0 Å². The van der Waals surface area contributed by atoms with Crippen LogP contribution in [-0.2, 0) is 9.53 Å². The first-order valence-corrected chi connectivity index (χ1v) is 6.60. The van der Waals surface area contributed by atoms with E-state index >= 15 is 0 Å². The highest BCUT2D eigenvalue weighted by molar-refractivity contribution is 6.43. The summed E-state index contributed by atoms with van der Waals surface area (Å²) in [4.78, 5) is 39.2. The number of Topliss-reactive ketones (excluding diaryl/α,β-unsaturated/α-hetero) is 1. The maximum Gasteiger partial charge on any atom is 0.379 e. The van der Waals surface area contributed by atoms with E-state index in [0.717, 1.165) is 7.11 Å². The van der Waals surface area contributed by atoms with E-state index in [9.17, 15) is 9.59 Å². The standard InChI is InChI=1S/C15H12N4O4/c1-22-10-7-19-12(9-6-16-3-4-17-9)13-11(10)8(5-18-13)14(20)15(21)23-2/h3-7,18H,1-2H3. The van der Waals surface area contributed by atoms with Gasteiger partial charge in [-0.3, -0.25) is 14.8 Å². The monoisotopic (exact) mass is 312 g/mol. The van der Waals surface area contributed by atoms with Gasteiger partial charge in [-0.1, -0.05) is 0 Å². The summed E-state index contributed by atoms with van der Waals surface area (Å²) in [5.74, 6) is -1.36. The number of nitrogens with zero attached hydrogens (tertiary/aromatic N) is 3. The quantitative estimate of drug-likeness (QED) is 0.440. The topological polar surface area (TPSA) is 107 Å². The second-order valence-corrected chi connectivity index (χ2v) is 4.54. The zero-order chi connectivity index (χ0) is 16.4. The van der Waals surface area contributed by atoms with E-state index in [1.807, 2.05) is 0 Å². The minimum Gasteiger partial charge on any atom is -0.494 e. The van der Waals surface area contributed by atoms with Crippen molar-refractivity contribution in [3.8, 4) is 17.1 Å². The Morgan fingerprint density at radius 1 is 1.13 bits per heavy atom. The first kappa shape index (κ1) is 14.6. The number of ketones is 1. The summed E-state index contributed by atoms with van der Waals surface area (Å²) in [5, 5.41) is 0.443. The number of aromatic nitrogens is 4. The van der Waals surface area contributed by atoms with Gasteiger partial charge >= 0.3 is 5.97 Å². The summed E-state index contributed by atoms with van der Waals surface area (Å²) in [6.07, 6.45) is 7.53. The predicted octanol–water partition coefficient (Wildman–Crippen LogP) is 1.38. The molecule has 0 aliphatic carbocycles. The average molecular weight is 312 g/mol. The molecule has 0 aliphatic heterocycles. The first-order valence-electron chi connectivity index (χ1n) is 6.60. The third kappa shape index (κ3) is 2.39. The molecule has 0 saturated carbocycles.